The molecule has 4 nitrogen and oxygen atoms in total. The van der Waals surface area contributed by atoms with Crippen molar-refractivity contribution in [2.75, 3.05) is 0 Å². The second-order valence-corrected chi connectivity index (χ2v) is 5.81. The van der Waals surface area contributed by atoms with Crippen LogP contribution in [-0.4, -0.2) is 10.9 Å². The number of carbonyl (C=O) groups excluding carboxylic acids is 1. The molecule has 0 unspecified atom stereocenters. The summed E-state index contributed by atoms with van der Waals surface area (Å²) in [4.78, 5) is 15.3. The topological polar surface area (TPSA) is 68.7 Å². The first-order chi connectivity index (χ1) is 11.1. The van der Waals surface area contributed by atoms with E-state index in [1.165, 1.54) is 0 Å². The molecule has 0 spiro atoms. The van der Waals surface area contributed by atoms with Crippen molar-refractivity contribution in [3.05, 3.63) is 69.3 Å². The number of carbonyl (C=O) groups is 1. The van der Waals surface area contributed by atoms with Crippen molar-refractivity contribution < 1.29 is 4.79 Å². The van der Waals surface area contributed by atoms with Crippen molar-refractivity contribution in [2.45, 2.75) is 6.54 Å². The SMILES string of the molecule is N#Cc1ccc(CNC(=O)c2[nH]c3ccc(Cl)cc3c2Cl)cc1. The molecule has 3 rings (SSSR count). The van der Waals surface area contributed by atoms with Gasteiger partial charge in [-0.15, -0.1) is 0 Å². The monoisotopic (exact) mass is 343 g/mol. The Hall–Kier alpha value is -2.48. The van der Waals surface area contributed by atoms with Crippen LogP contribution in [0, 0.1) is 11.3 Å². The van der Waals surface area contributed by atoms with Crippen LogP contribution >= 0.6 is 23.2 Å². The molecule has 0 bridgehead atoms. The molecule has 3 aromatic rings. The molecule has 2 aromatic carbocycles. The Balaban J connectivity index is 1.78. The number of hydrogen-bond donors (Lipinski definition) is 2. The third-order valence-corrected chi connectivity index (χ3v) is 4.09. The number of aromatic amines is 1. The molecule has 1 aromatic heterocycles. The lowest BCUT2D eigenvalue weighted by Crippen LogP contribution is -2.23. The van der Waals surface area contributed by atoms with Crippen LogP contribution in [0.1, 0.15) is 21.6 Å². The molecule has 0 aliphatic heterocycles. The Kier molecular flexibility index (Phi) is 4.24. The first-order valence-corrected chi connectivity index (χ1v) is 7.58. The van der Waals surface area contributed by atoms with E-state index in [4.69, 9.17) is 28.5 Å². The van der Waals surface area contributed by atoms with Crippen molar-refractivity contribution >= 4 is 40.0 Å². The van der Waals surface area contributed by atoms with Gasteiger partial charge in [-0.1, -0.05) is 35.3 Å². The van der Waals surface area contributed by atoms with Crippen LogP contribution in [0.2, 0.25) is 10.0 Å². The van der Waals surface area contributed by atoms with Gasteiger partial charge < -0.3 is 10.3 Å². The number of rotatable bonds is 3. The molecule has 0 atom stereocenters. The molecule has 0 saturated carbocycles. The highest BCUT2D eigenvalue weighted by Gasteiger charge is 2.16. The van der Waals surface area contributed by atoms with Crippen LogP contribution in [0.3, 0.4) is 0 Å². The highest BCUT2D eigenvalue weighted by molar-refractivity contribution is 6.39. The number of benzene rings is 2. The number of nitrogens with one attached hydrogen (secondary N) is 2. The molecule has 2 N–H and O–H groups in total. The summed E-state index contributed by atoms with van der Waals surface area (Å²) in [6, 6.07) is 14.3. The molecular weight excluding hydrogens is 333 g/mol. The van der Waals surface area contributed by atoms with Gasteiger partial charge in [0.05, 0.1) is 16.7 Å². The fourth-order valence-corrected chi connectivity index (χ4v) is 2.72. The van der Waals surface area contributed by atoms with Crippen LogP contribution < -0.4 is 5.32 Å². The second kappa shape index (κ2) is 6.33. The maximum atomic E-state index is 12.3. The van der Waals surface area contributed by atoms with Crippen LogP contribution in [0.4, 0.5) is 0 Å². The lowest BCUT2D eigenvalue weighted by Gasteiger charge is -2.04. The first kappa shape index (κ1) is 15.4. The third kappa shape index (κ3) is 3.16. The Labute approximate surface area is 142 Å². The highest BCUT2D eigenvalue weighted by atomic mass is 35.5. The lowest BCUT2D eigenvalue weighted by atomic mass is 10.1. The molecule has 6 heteroatoms. The fourth-order valence-electron chi connectivity index (χ4n) is 2.26. The summed E-state index contributed by atoms with van der Waals surface area (Å²) in [5.74, 6) is -0.299. The Morgan fingerprint density at radius 2 is 1.91 bits per heavy atom. The van der Waals surface area contributed by atoms with Crippen molar-refractivity contribution in [2.24, 2.45) is 0 Å². The van der Waals surface area contributed by atoms with Gasteiger partial charge in [-0.25, -0.2) is 0 Å². The van der Waals surface area contributed by atoms with E-state index in [9.17, 15) is 4.79 Å². The van der Waals surface area contributed by atoms with Crippen LogP contribution in [-0.2, 0) is 6.54 Å². The minimum atomic E-state index is -0.299. The van der Waals surface area contributed by atoms with E-state index in [1.54, 1.807) is 42.5 Å². The Morgan fingerprint density at radius 1 is 1.17 bits per heavy atom. The summed E-state index contributed by atoms with van der Waals surface area (Å²) in [6.45, 7) is 0.344. The number of fused-ring (bicyclic) bond motifs is 1. The van der Waals surface area contributed by atoms with Gasteiger partial charge >= 0.3 is 0 Å². The second-order valence-electron chi connectivity index (χ2n) is 5.00. The van der Waals surface area contributed by atoms with Gasteiger partial charge in [0.1, 0.15) is 5.69 Å². The van der Waals surface area contributed by atoms with Crippen LogP contribution in [0.25, 0.3) is 10.9 Å². The predicted molar refractivity (Wildman–Crippen MR) is 90.6 cm³/mol. The average Bonchev–Trinajstić information content (AvgIpc) is 2.90. The van der Waals surface area contributed by atoms with Gasteiger partial charge in [0.15, 0.2) is 0 Å². The van der Waals surface area contributed by atoms with Gasteiger partial charge in [0.25, 0.3) is 5.91 Å². The summed E-state index contributed by atoms with van der Waals surface area (Å²) in [7, 11) is 0. The lowest BCUT2D eigenvalue weighted by molar-refractivity contribution is 0.0947. The molecule has 1 heterocycles. The minimum Gasteiger partial charge on any atom is -0.349 e. The number of nitriles is 1. The molecule has 0 aliphatic carbocycles. The van der Waals surface area contributed by atoms with E-state index in [0.29, 0.717) is 33.2 Å². The predicted octanol–water partition coefficient (Wildman–Crippen LogP) is 4.28. The zero-order chi connectivity index (χ0) is 16.4. The normalized spacial score (nSPS) is 10.5. The number of hydrogen-bond acceptors (Lipinski definition) is 2. The van der Waals surface area contributed by atoms with Crippen molar-refractivity contribution in [1.82, 2.24) is 10.3 Å². The summed E-state index contributed by atoms with van der Waals surface area (Å²) in [6.07, 6.45) is 0. The van der Waals surface area contributed by atoms with Gasteiger partial charge in [-0.3, -0.25) is 4.79 Å². The third-order valence-electron chi connectivity index (χ3n) is 3.46. The quantitative estimate of drug-likeness (QED) is 0.745. The number of nitrogens with zero attached hydrogens (tertiary/aromatic N) is 1. The first-order valence-electron chi connectivity index (χ1n) is 6.82. The standard InChI is InChI=1S/C17H11Cl2N3O/c18-12-5-6-14-13(7-12)15(19)16(22-14)17(23)21-9-11-3-1-10(8-20)2-4-11/h1-7,22H,9H2,(H,21,23). The van der Waals surface area contributed by atoms with Crippen molar-refractivity contribution in [3.63, 3.8) is 0 Å². The minimum absolute atomic E-state index is 0.299. The molecular formula is C17H11Cl2N3O. The van der Waals surface area contributed by atoms with E-state index >= 15 is 0 Å². The van der Waals surface area contributed by atoms with Crippen LogP contribution in [0.5, 0.6) is 0 Å². The van der Waals surface area contributed by atoms with Crippen molar-refractivity contribution in [3.8, 4) is 6.07 Å². The summed E-state index contributed by atoms with van der Waals surface area (Å²) in [5.41, 5.74) is 2.53. The summed E-state index contributed by atoms with van der Waals surface area (Å²) in [5, 5.41) is 13.2. The molecule has 0 aliphatic rings. The average molecular weight is 344 g/mol. The molecule has 1 amide bonds. The maximum Gasteiger partial charge on any atom is 0.269 e. The van der Waals surface area contributed by atoms with Gasteiger partial charge in [-0.05, 0) is 35.9 Å². The molecule has 0 fully saturated rings. The van der Waals surface area contributed by atoms with E-state index in [1.807, 2.05) is 0 Å². The molecule has 23 heavy (non-hydrogen) atoms. The van der Waals surface area contributed by atoms with E-state index < -0.39 is 0 Å². The number of H-pyrrole nitrogens is 1. The number of aromatic nitrogens is 1. The van der Waals surface area contributed by atoms with Gasteiger partial charge in [0.2, 0.25) is 0 Å². The smallest absolute Gasteiger partial charge is 0.269 e. The van der Waals surface area contributed by atoms with Gasteiger partial charge in [-0.2, -0.15) is 5.26 Å². The highest BCUT2D eigenvalue weighted by Crippen LogP contribution is 2.29. The van der Waals surface area contributed by atoms with E-state index in [0.717, 1.165) is 11.1 Å². The number of halogens is 2. The summed E-state index contributed by atoms with van der Waals surface area (Å²) >= 11 is 12.2. The van der Waals surface area contributed by atoms with E-state index in [2.05, 4.69) is 16.4 Å². The zero-order valence-electron chi connectivity index (χ0n) is 11.9. The largest absolute Gasteiger partial charge is 0.349 e. The Bertz CT molecular complexity index is 923. The fraction of sp³-hybridized carbons (Fsp3) is 0.0588. The Morgan fingerprint density at radius 3 is 2.61 bits per heavy atom. The van der Waals surface area contributed by atoms with Gasteiger partial charge in [0, 0.05) is 22.5 Å². The maximum absolute atomic E-state index is 12.3. The molecule has 0 saturated heterocycles. The van der Waals surface area contributed by atoms with Crippen molar-refractivity contribution in [1.29, 1.82) is 5.26 Å². The number of amides is 1. The zero-order valence-corrected chi connectivity index (χ0v) is 13.4. The molecule has 114 valence electrons. The van der Waals surface area contributed by atoms with E-state index in [-0.39, 0.29) is 5.91 Å². The molecule has 0 radical (unpaired) electrons. The summed E-state index contributed by atoms with van der Waals surface area (Å²) < 4.78 is 0. The van der Waals surface area contributed by atoms with Crippen LogP contribution in [0.15, 0.2) is 42.5 Å².